The average Bonchev–Trinajstić information content (AvgIpc) is 2.01. The lowest BCUT2D eigenvalue weighted by Crippen LogP contribution is -2.44. The van der Waals surface area contributed by atoms with E-state index < -0.39 is 0 Å². The van der Waals surface area contributed by atoms with Crippen LogP contribution in [0, 0.1) is 0 Å². The molecule has 0 amide bonds. The molecule has 3 heteroatoms. The minimum absolute atomic E-state index is 0.475. The Morgan fingerprint density at radius 1 is 1.33 bits per heavy atom. The first-order valence-electron chi connectivity index (χ1n) is 4.73. The predicted octanol–water partition coefficient (Wildman–Crippen LogP) is 0.790. The third kappa shape index (κ3) is 3.09. The molecule has 1 fully saturated rings. The molecule has 12 heavy (non-hydrogen) atoms. The standard InChI is InChI=1S/C9H19NO2/c1-3-11-4-5-12-9-6-8(7-9)10-2/h8-10H,3-7H2,1-2H3. The molecule has 1 aliphatic carbocycles. The predicted molar refractivity (Wildman–Crippen MR) is 48.3 cm³/mol. The highest BCUT2D eigenvalue weighted by molar-refractivity contribution is 4.84. The number of nitrogens with one attached hydrogen (secondary N) is 1. The van der Waals surface area contributed by atoms with Crippen molar-refractivity contribution in [2.24, 2.45) is 0 Å². The van der Waals surface area contributed by atoms with Crippen LogP contribution in [0.15, 0.2) is 0 Å². The van der Waals surface area contributed by atoms with Gasteiger partial charge in [0.25, 0.3) is 0 Å². The summed E-state index contributed by atoms with van der Waals surface area (Å²) in [6.07, 6.45) is 2.79. The Morgan fingerprint density at radius 2 is 2.08 bits per heavy atom. The van der Waals surface area contributed by atoms with Gasteiger partial charge in [-0.3, -0.25) is 0 Å². The average molecular weight is 173 g/mol. The van der Waals surface area contributed by atoms with Crippen molar-refractivity contribution < 1.29 is 9.47 Å². The van der Waals surface area contributed by atoms with Gasteiger partial charge >= 0.3 is 0 Å². The fourth-order valence-corrected chi connectivity index (χ4v) is 1.36. The molecule has 0 saturated heterocycles. The van der Waals surface area contributed by atoms with Crippen molar-refractivity contribution in [1.29, 1.82) is 0 Å². The smallest absolute Gasteiger partial charge is 0.0704 e. The van der Waals surface area contributed by atoms with Crippen molar-refractivity contribution in [3.05, 3.63) is 0 Å². The maximum Gasteiger partial charge on any atom is 0.0704 e. The normalized spacial score (nSPS) is 28.5. The Kier molecular flexibility index (Phi) is 4.58. The van der Waals surface area contributed by atoms with Crippen molar-refractivity contribution >= 4 is 0 Å². The maximum atomic E-state index is 5.55. The molecule has 0 aromatic carbocycles. The minimum Gasteiger partial charge on any atom is -0.379 e. The molecule has 0 aromatic heterocycles. The summed E-state index contributed by atoms with van der Waals surface area (Å²) in [4.78, 5) is 0. The van der Waals surface area contributed by atoms with E-state index in [1.165, 1.54) is 0 Å². The van der Waals surface area contributed by atoms with E-state index in [0.717, 1.165) is 32.7 Å². The summed E-state index contributed by atoms with van der Waals surface area (Å²) in [7, 11) is 2.00. The fourth-order valence-electron chi connectivity index (χ4n) is 1.36. The summed E-state index contributed by atoms with van der Waals surface area (Å²) in [5.41, 5.74) is 0. The van der Waals surface area contributed by atoms with Crippen LogP contribution in [-0.4, -0.2) is 39.0 Å². The second-order valence-electron chi connectivity index (χ2n) is 3.15. The molecule has 1 rings (SSSR count). The summed E-state index contributed by atoms with van der Waals surface area (Å²) in [5.74, 6) is 0. The summed E-state index contributed by atoms with van der Waals surface area (Å²) >= 11 is 0. The second kappa shape index (κ2) is 5.51. The minimum atomic E-state index is 0.475. The van der Waals surface area contributed by atoms with Crippen LogP contribution < -0.4 is 5.32 Å². The molecule has 0 atom stereocenters. The van der Waals surface area contributed by atoms with Crippen LogP contribution >= 0.6 is 0 Å². The Morgan fingerprint density at radius 3 is 2.67 bits per heavy atom. The van der Waals surface area contributed by atoms with E-state index in [4.69, 9.17) is 9.47 Å². The van der Waals surface area contributed by atoms with E-state index >= 15 is 0 Å². The summed E-state index contributed by atoms with van der Waals surface area (Å²) in [5, 5.41) is 3.22. The van der Waals surface area contributed by atoms with Crippen LogP contribution in [0.3, 0.4) is 0 Å². The SMILES string of the molecule is CCOCCOC1CC(NC)C1. The lowest BCUT2D eigenvalue weighted by molar-refractivity contribution is -0.0393. The first kappa shape index (κ1) is 9.96. The van der Waals surface area contributed by atoms with Gasteiger partial charge in [-0.05, 0) is 26.8 Å². The van der Waals surface area contributed by atoms with E-state index in [9.17, 15) is 0 Å². The molecular weight excluding hydrogens is 154 g/mol. The highest BCUT2D eigenvalue weighted by Crippen LogP contribution is 2.22. The van der Waals surface area contributed by atoms with Crippen LogP contribution in [0.25, 0.3) is 0 Å². The molecule has 0 radical (unpaired) electrons. The van der Waals surface area contributed by atoms with Crippen molar-refractivity contribution in [2.45, 2.75) is 31.9 Å². The Bertz CT molecular complexity index is 113. The van der Waals surface area contributed by atoms with Crippen molar-refractivity contribution in [3.8, 4) is 0 Å². The van der Waals surface area contributed by atoms with E-state index in [-0.39, 0.29) is 0 Å². The van der Waals surface area contributed by atoms with Crippen LogP contribution in [0.1, 0.15) is 19.8 Å². The summed E-state index contributed by atoms with van der Waals surface area (Å²) in [6, 6.07) is 0.682. The van der Waals surface area contributed by atoms with E-state index in [1.807, 2.05) is 14.0 Å². The lowest BCUT2D eigenvalue weighted by Gasteiger charge is -2.34. The molecule has 3 nitrogen and oxygen atoms in total. The zero-order chi connectivity index (χ0) is 8.81. The van der Waals surface area contributed by atoms with E-state index in [1.54, 1.807) is 0 Å². The van der Waals surface area contributed by atoms with E-state index in [0.29, 0.717) is 12.1 Å². The second-order valence-corrected chi connectivity index (χ2v) is 3.15. The molecule has 72 valence electrons. The molecule has 1 saturated carbocycles. The van der Waals surface area contributed by atoms with E-state index in [2.05, 4.69) is 5.32 Å². The quantitative estimate of drug-likeness (QED) is 0.602. The third-order valence-electron chi connectivity index (χ3n) is 2.29. The van der Waals surface area contributed by atoms with Gasteiger partial charge in [-0.25, -0.2) is 0 Å². The van der Waals surface area contributed by atoms with Gasteiger partial charge in [0.15, 0.2) is 0 Å². The van der Waals surface area contributed by atoms with Crippen molar-refractivity contribution in [1.82, 2.24) is 5.32 Å². The zero-order valence-electron chi connectivity index (χ0n) is 8.01. The molecule has 1 N–H and O–H groups in total. The lowest BCUT2D eigenvalue weighted by atomic mass is 9.89. The molecule has 0 aromatic rings. The van der Waals surface area contributed by atoms with Gasteiger partial charge < -0.3 is 14.8 Å². The number of hydrogen-bond acceptors (Lipinski definition) is 3. The van der Waals surface area contributed by atoms with Crippen LogP contribution in [-0.2, 0) is 9.47 Å². The molecule has 1 aliphatic rings. The number of rotatable bonds is 6. The first-order valence-corrected chi connectivity index (χ1v) is 4.73. The van der Waals surface area contributed by atoms with Gasteiger partial charge in [0, 0.05) is 12.6 Å². The molecule has 0 heterocycles. The monoisotopic (exact) mass is 173 g/mol. The highest BCUT2D eigenvalue weighted by Gasteiger charge is 2.27. The summed E-state index contributed by atoms with van der Waals surface area (Å²) < 4.78 is 10.7. The number of ether oxygens (including phenoxy) is 2. The Hall–Kier alpha value is -0.120. The van der Waals surface area contributed by atoms with Crippen molar-refractivity contribution in [3.63, 3.8) is 0 Å². The van der Waals surface area contributed by atoms with Crippen LogP contribution in [0.2, 0.25) is 0 Å². The molecule has 0 spiro atoms. The Balaban J connectivity index is 1.83. The van der Waals surface area contributed by atoms with Crippen LogP contribution in [0.5, 0.6) is 0 Å². The first-order chi connectivity index (χ1) is 5.86. The van der Waals surface area contributed by atoms with Gasteiger partial charge in [0.05, 0.1) is 19.3 Å². The van der Waals surface area contributed by atoms with Gasteiger partial charge in [0.1, 0.15) is 0 Å². The van der Waals surface area contributed by atoms with Crippen molar-refractivity contribution in [2.75, 3.05) is 26.9 Å². The number of hydrogen-bond donors (Lipinski definition) is 1. The molecular formula is C9H19NO2. The Labute approximate surface area is 74.4 Å². The zero-order valence-corrected chi connectivity index (χ0v) is 8.01. The molecule has 0 unspecified atom stereocenters. The van der Waals surface area contributed by atoms with Gasteiger partial charge in [-0.15, -0.1) is 0 Å². The van der Waals surface area contributed by atoms with Gasteiger partial charge in [-0.2, -0.15) is 0 Å². The van der Waals surface area contributed by atoms with Gasteiger partial charge in [0.2, 0.25) is 0 Å². The fraction of sp³-hybridized carbons (Fsp3) is 1.00. The molecule has 0 bridgehead atoms. The maximum absolute atomic E-state index is 5.55. The largest absolute Gasteiger partial charge is 0.379 e. The van der Waals surface area contributed by atoms with Crippen LogP contribution in [0.4, 0.5) is 0 Å². The third-order valence-corrected chi connectivity index (χ3v) is 2.29. The highest BCUT2D eigenvalue weighted by atomic mass is 16.5. The van der Waals surface area contributed by atoms with Gasteiger partial charge in [-0.1, -0.05) is 0 Å². The topological polar surface area (TPSA) is 30.5 Å². The molecule has 0 aliphatic heterocycles. The summed E-state index contributed by atoms with van der Waals surface area (Å²) in [6.45, 7) is 4.26.